The molecule has 0 unspecified atom stereocenters. The molecule has 2 N–H and O–H groups in total. The number of hydrogen-bond donors (Lipinski definition) is 2. The summed E-state index contributed by atoms with van der Waals surface area (Å²) in [5, 5.41) is 21.6. The van der Waals surface area contributed by atoms with Gasteiger partial charge in [0.2, 0.25) is 11.8 Å². The molecule has 3 aromatic carbocycles. The number of phenols is 1. The van der Waals surface area contributed by atoms with Crippen molar-refractivity contribution >= 4 is 34.5 Å². The average molecular weight is 662 g/mol. The maximum absolute atomic E-state index is 14.5. The number of Topliss-reactive ketones (excluding diaryl/α,β-unsaturated/α-hetero) is 1. The molecule has 49 heavy (non-hydrogen) atoms. The van der Waals surface area contributed by atoms with Gasteiger partial charge in [-0.1, -0.05) is 66.7 Å². The number of aromatic hydroxyl groups is 1. The third kappa shape index (κ3) is 6.27. The molecular formula is C37H39N7O5. The van der Waals surface area contributed by atoms with Gasteiger partial charge in [0, 0.05) is 44.4 Å². The molecule has 7 rings (SSSR count). The van der Waals surface area contributed by atoms with Crippen LogP contribution < -0.4 is 5.32 Å². The summed E-state index contributed by atoms with van der Waals surface area (Å²) >= 11 is 0. The first-order chi connectivity index (χ1) is 23.7. The standard InChI is InChI=1S/C37H39N7O5/c1-3-18-42-23-32(46)43-30(19-24-12-16-28(45)17-13-24)36(48)41(22-31(43)44(42)37(49)38-20-25-8-5-4-6-9-25)21-27-10-7-11-29-33(27)39-40(2)34(29)35(47)26-14-15-26/h3-13,16-17,26,30-31,45H,1,14-15,18-23H2,2H3,(H,38,49)/t30-,31-/m0/s1. The van der Waals surface area contributed by atoms with Crippen LogP contribution in [0.1, 0.15) is 40.0 Å². The average Bonchev–Trinajstić information content (AvgIpc) is 3.89. The van der Waals surface area contributed by atoms with Crippen molar-refractivity contribution in [1.29, 1.82) is 0 Å². The molecule has 3 aliphatic rings. The maximum Gasteiger partial charge on any atom is 0.334 e. The lowest BCUT2D eigenvalue weighted by Gasteiger charge is -2.55. The van der Waals surface area contributed by atoms with Crippen molar-refractivity contribution in [2.45, 2.75) is 44.6 Å². The molecule has 252 valence electrons. The molecular weight excluding hydrogens is 622 g/mol. The van der Waals surface area contributed by atoms with Gasteiger partial charge in [0.05, 0.1) is 18.6 Å². The fraction of sp³-hybridized carbons (Fsp3) is 0.324. The van der Waals surface area contributed by atoms with Crippen molar-refractivity contribution in [3.63, 3.8) is 0 Å². The van der Waals surface area contributed by atoms with Gasteiger partial charge in [-0.2, -0.15) is 5.10 Å². The van der Waals surface area contributed by atoms with Crippen molar-refractivity contribution < 1.29 is 24.3 Å². The van der Waals surface area contributed by atoms with Gasteiger partial charge in [0.15, 0.2) is 5.78 Å². The number of aromatic nitrogens is 2. The van der Waals surface area contributed by atoms with Gasteiger partial charge in [-0.3, -0.25) is 19.1 Å². The molecule has 4 aromatic rings. The maximum atomic E-state index is 14.5. The van der Waals surface area contributed by atoms with E-state index < -0.39 is 18.2 Å². The molecule has 0 spiro atoms. The summed E-state index contributed by atoms with van der Waals surface area (Å²) in [6, 6.07) is 20.4. The number of carbonyl (C=O) groups is 4. The van der Waals surface area contributed by atoms with E-state index in [-0.39, 0.29) is 68.4 Å². The van der Waals surface area contributed by atoms with Gasteiger partial charge in [-0.05, 0) is 41.7 Å². The van der Waals surface area contributed by atoms with Crippen LogP contribution in [0.4, 0.5) is 4.79 Å². The highest BCUT2D eigenvalue weighted by Gasteiger charge is 2.51. The Kier molecular flexibility index (Phi) is 8.64. The lowest BCUT2D eigenvalue weighted by atomic mass is 9.98. The monoisotopic (exact) mass is 661 g/mol. The van der Waals surface area contributed by atoms with Crippen LogP contribution in [0, 0.1) is 5.92 Å². The van der Waals surface area contributed by atoms with Crippen LogP contribution in [0.15, 0.2) is 85.5 Å². The quantitative estimate of drug-likeness (QED) is 0.196. The zero-order valence-electron chi connectivity index (χ0n) is 27.4. The molecule has 1 aliphatic carbocycles. The minimum Gasteiger partial charge on any atom is -0.508 e. The Morgan fingerprint density at radius 3 is 2.47 bits per heavy atom. The minimum atomic E-state index is -0.916. The second-order valence-electron chi connectivity index (χ2n) is 12.9. The molecule has 0 bridgehead atoms. The summed E-state index contributed by atoms with van der Waals surface area (Å²) in [5.41, 5.74) is 3.65. The Morgan fingerprint density at radius 2 is 1.76 bits per heavy atom. The number of amides is 4. The molecule has 1 saturated carbocycles. The van der Waals surface area contributed by atoms with E-state index in [4.69, 9.17) is 5.10 Å². The number of hydrogen-bond acceptors (Lipinski definition) is 7. The summed E-state index contributed by atoms with van der Waals surface area (Å²) in [7, 11) is 1.77. The van der Waals surface area contributed by atoms with Crippen molar-refractivity contribution in [2.75, 3.05) is 19.6 Å². The summed E-state index contributed by atoms with van der Waals surface area (Å²) in [5.74, 6) is -0.330. The fourth-order valence-electron chi connectivity index (χ4n) is 6.99. The van der Waals surface area contributed by atoms with Crippen molar-refractivity contribution in [1.82, 2.24) is 34.9 Å². The van der Waals surface area contributed by atoms with E-state index in [2.05, 4.69) is 11.9 Å². The highest BCUT2D eigenvalue weighted by Crippen LogP contribution is 2.36. The number of rotatable bonds is 10. The zero-order valence-corrected chi connectivity index (χ0v) is 27.4. The van der Waals surface area contributed by atoms with Crippen LogP contribution in [-0.4, -0.2) is 90.2 Å². The number of benzene rings is 3. The van der Waals surface area contributed by atoms with E-state index >= 15 is 0 Å². The third-order valence-electron chi connectivity index (χ3n) is 9.52. The van der Waals surface area contributed by atoms with Crippen LogP contribution in [0.25, 0.3) is 10.9 Å². The van der Waals surface area contributed by atoms with Gasteiger partial charge >= 0.3 is 6.03 Å². The molecule has 2 atom stereocenters. The highest BCUT2D eigenvalue weighted by molar-refractivity contribution is 6.08. The van der Waals surface area contributed by atoms with Gasteiger partial charge < -0.3 is 20.2 Å². The second-order valence-corrected chi connectivity index (χ2v) is 12.9. The van der Waals surface area contributed by atoms with Crippen LogP contribution in [0.2, 0.25) is 0 Å². The molecule has 4 amide bonds. The van der Waals surface area contributed by atoms with E-state index in [1.54, 1.807) is 61.9 Å². The number of ketones is 1. The number of aryl methyl sites for hydroxylation is 1. The Bertz CT molecular complexity index is 1920. The predicted octanol–water partition coefficient (Wildman–Crippen LogP) is 3.61. The van der Waals surface area contributed by atoms with Gasteiger partial charge in [0.25, 0.3) is 0 Å². The highest BCUT2D eigenvalue weighted by atomic mass is 16.3. The van der Waals surface area contributed by atoms with Gasteiger partial charge in [0.1, 0.15) is 23.7 Å². The first-order valence-corrected chi connectivity index (χ1v) is 16.6. The number of carbonyl (C=O) groups excluding carboxylic acids is 4. The second kappa shape index (κ2) is 13.2. The first-order valence-electron chi connectivity index (χ1n) is 16.6. The smallest absolute Gasteiger partial charge is 0.334 e. The molecule has 3 fully saturated rings. The first kappa shape index (κ1) is 32.1. The number of hydrazine groups is 1. The normalized spacial score (nSPS) is 19.7. The van der Waals surface area contributed by atoms with E-state index in [0.717, 1.165) is 34.9 Å². The van der Waals surface area contributed by atoms with Gasteiger partial charge in [-0.15, -0.1) is 6.58 Å². The van der Waals surface area contributed by atoms with Crippen molar-refractivity contribution in [2.24, 2.45) is 13.0 Å². The van der Waals surface area contributed by atoms with Crippen LogP contribution in [0.3, 0.4) is 0 Å². The molecule has 0 radical (unpaired) electrons. The molecule has 12 nitrogen and oxygen atoms in total. The number of fused-ring (bicyclic) bond motifs is 2. The fourth-order valence-corrected chi connectivity index (χ4v) is 6.99. The molecule has 12 heteroatoms. The SMILES string of the molecule is C=CCN1CC(=O)N2[C@@H](Cc3ccc(O)cc3)C(=O)N(Cc3cccc4c(C(=O)C5CC5)n(C)nc34)C[C@@H]2N1C(=O)NCc1ccccc1. The van der Waals surface area contributed by atoms with Crippen LogP contribution >= 0.6 is 0 Å². The Morgan fingerprint density at radius 1 is 1.00 bits per heavy atom. The third-order valence-corrected chi connectivity index (χ3v) is 9.52. The van der Waals surface area contributed by atoms with Crippen LogP contribution in [0.5, 0.6) is 5.75 Å². The minimum absolute atomic E-state index is 0.0268. The molecule has 3 heterocycles. The van der Waals surface area contributed by atoms with E-state index in [1.165, 1.54) is 0 Å². The lowest BCUT2D eigenvalue weighted by molar-refractivity contribution is -0.189. The van der Waals surface area contributed by atoms with E-state index in [9.17, 15) is 24.3 Å². The summed E-state index contributed by atoms with van der Waals surface area (Å²) < 4.78 is 1.63. The lowest BCUT2D eigenvalue weighted by Crippen LogP contribution is -2.76. The Balaban J connectivity index is 1.25. The number of nitrogens with zero attached hydrogens (tertiary/aromatic N) is 6. The Labute approximate surface area is 284 Å². The summed E-state index contributed by atoms with van der Waals surface area (Å²) in [4.78, 5) is 58.8. The molecule has 1 aromatic heterocycles. The van der Waals surface area contributed by atoms with E-state index in [1.807, 2.05) is 48.5 Å². The largest absolute Gasteiger partial charge is 0.508 e. The summed E-state index contributed by atoms with van der Waals surface area (Å²) in [6.07, 6.45) is 2.77. The topological polar surface area (TPSA) is 131 Å². The summed E-state index contributed by atoms with van der Waals surface area (Å²) in [6.45, 7) is 4.49. The number of urea groups is 1. The van der Waals surface area contributed by atoms with Crippen LogP contribution in [-0.2, 0) is 36.1 Å². The van der Waals surface area contributed by atoms with Gasteiger partial charge in [-0.25, -0.2) is 14.8 Å². The Hall–Kier alpha value is -5.49. The number of nitrogens with one attached hydrogen (secondary N) is 1. The van der Waals surface area contributed by atoms with E-state index in [0.29, 0.717) is 11.2 Å². The number of piperazine rings is 1. The van der Waals surface area contributed by atoms with Crippen molar-refractivity contribution in [3.8, 4) is 5.75 Å². The molecule has 2 aliphatic heterocycles. The predicted molar refractivity (Wildman–Crippen MR) is 182 cm³/mol. The zero-order chi connectivity index (χ0) is 34.2. The van der Waals surface area contributed by atoms with Crippen molar-refractivity contribution in [3.05, 3.63) is 108 Å². The number of phenolic OH excluding ortho intramolecular Hbond substituents is 1. The molecule has 2 saturated heterocycles.